The molecule has 1 aliphatic rings. The maximum atomic E-state index is 12.2. The number of halogens is 1. The van der Waals surface area contributed by atoms with Crippen LogP contribution in [0.25, 0.3) is 0 Å². The van der Waals surface area contributed by atoms with Crippen molar-refractivity contribution in [2.45, 2.75) is 44.6 Å². The minimum Gasteiger partial charge on any atom is -0.354 e. The Morgan fingerprint density at radius 3 is 2.64 bits per heavy atom. The summed E-state index contributed by atoms with van der Waals surface area (Å²) in [5, 5.41) is 3.48. The van der Waals surface area contributed by atoms with Gasteiger partial charge in [-0.05, 0) is 30.5 Å². The first-order valence-electron chi connectivity index (χ1n) is 8.69. The Balaban J connectivity index is 1.49. The molecule has 1 heterocycles. The van der Waals surface area contributed by atoms with Crippen LogP contribution in [-0.2, 0) is 17.8 Å². The predicted molar refractivity (Wildman–Crippen MR) is 97.9 cm³/mol. The molecular formula is C19H22ClN3O2. The topological polar surface area (TPSA) is 64.0 Å². The number of nitrogens with zero attached hydrogens (tertiary/aromatic N) is 2. The molecule has 0 atom stereocenters. The molecule has 132 valence electrons. The van der Waals surface area contributed by atoms with Gasteiger partial charge >= 0.3 is 0 Å². The summed E-state index contributed by atoms with van der Waals surface area (Å²) >= 11 is 5.83. The third-order valence-corrected chi connectivity index (χ3v) is 4.88. The molecule has 0 spiro atoms. The minimum absolute atomic E-state index is 0.0520. The summed E-state index contributed by atoms with van der Waals surface area (Å²) in [6.07, 6.45) is 6.57. The molecule has 1 aromatic carbocycles. The summed E-state index contributed by atoms with van der Waals surface area (Å²) in [5.41, 5.74) is 1.76. The molecule has 6 heteroatoms. The van der Waals surface area contributed by atoms with E-state index in [1.807, 2.05) is 12.1 Å². The Labute approximate surface area is 152 Å². The zero-order chi connectivity index (χ0) is 17.6. The van der Waals surface area contributed by atoms with E-state index in [9.17, 15) is 9.59 Å². The number of nitrogens with one attached hydrogen (secondary N) is 1. The highest BCUT2D eigenvalue weighted by Gasteiger charge is 2.18. The highest BCUT2D eigenvalue weighted by Crippen LogP contribution is 2.32. The number of benzene rings is 1. The average molecular weight is 360 g/mol. The lowest BCUT2D eigenvalue weighted by atomic mass is 10.0. The first-order valence-corrected chi connectivity index (χ1v) is 9.07. The molecule has 1 fully saturated rings. The van der Waals surface area contributed by atoms with Crippen LogP contribution in [0.4, 0.5) is 0 Å². The number of rotatable bonds is 6. The second kappa shape index (κ2) is 8.30. The van der Waals surface area contributed by atoms with E-state index in [0.717, 1.165) is 24.1 Å². The van der Waals surface area contributed by atoms with Gasteiger partial charge in [-0.15, -0.1) is 0 Å². The molecule has 5 nitrogen and oxygen atoms in total. The quantitative estimate of drug-likeness (QED) is 0.862. The van der Waals surface area contributed by atoms with Gasteiger partial charge in [0.1, 0.15) is 0 Å². The van der Waals surface area contributed by atoms with Crippen molar-refractivity contribution in [3.8, 4) is 0 Å². The number of carbonyl (C=O) groups excluding carboxylic acids is 1. The van der Waals surface area contributed by atoms with E-state index < -0.39 is 0 Å². The number of hydrogen-bond acceptors (Lipinski definition) is 3. The molecule has 0 radical (unpaired) electrons. The predicted octanol–water partition coefficient (Wildman–Crippen LogP) is 2.91. The van der Waals surface area contributed by atoms with E-state index in [1.165, 1.54) is 12.8 Å². The highest BCUT2D eigenvalue weighted by molar-refractivity contribution is 6.30. The Kier molecular flexibility index (Phi) is 5.87. The first-order chi connectivity index (χ1) is 12.1. The van der Waals surface area contributed by atoms with Gasteiger partial charge in [0.15, 0.2) is 0 Å². The zero-order valence-corrected chi connectivity index (χ0v) is 14.8. The molecule has 3 rings (SSSR count). The summed E-state index contributed by atoms with van der Waals surface area (Å²) in [6.45, 7) is 0.819. The van der Waals surface area contributed by atoms with Crippen LogP contribution in [0.5, 0.6) is 0 Å². The second-order valence-corrected chi connectivity index (χ2v) is 6.92. The summed E-state index contributed by atoms with van der Waals surface area (Å²) in [4.78, 5) is 28.6. The number of aromatic nitrogens is 2. The van der Waals surface area contributed by atoms with Crippen molar-refractivity contribution in [2.75, 3.05) is 6.54 Å². The fraction of sp³-hybridized carbons (Fsp3) is 0.421. The normalized spacial score (nSPS) is 14.6. The van der Waals surface area contributed by atoms with Gasteiger partial charge in [0.25, 0.3) is 5.56 Å². The maximum absolute atomic E-state index is 12.2. The third kappa shape index (κ3) is 4.92. The molecule has 25 heavy (non-hydrogen) atoms. The van der Waals surface area contributed by atoms with Crippen molar-refractivity contribution in [3.05, 3.63) is 63.3 Å². The Morgan fingerprint density at radius 1 is 1.24 bits per heavy atom. The van der Waals surface area contributed by atoms with Crippen molar-refractivity contribution < 1.29 is 4.79 Å². The van der Waals surface area contributed by atoms with Gasteiger partial charge < -0.3 is 5.32 Å². The molecule has 1 N–H and O–H groups in total. The van der Waals surface area contributed by atoms with Crippen LogP contribution in [0.1, 0.15) is 42.9 Å². The monoisotopic (exact) mass is 359 g/mol. The van der Waals surface area contributed by atoms with E-state index in [-0.39, 0.29) is 11.5 Å². The van der Waals surface area contributed by atoms with Gasteiger partial charge in [0, 0.05) is 30.1 Å². The fourth-order valence-corrected chi connectivity index (χ4v) is 3.34. The van der Waals surface area contributed by atoms with Crippen molar-refractivity contribution in [1.29, 1.82) is 0 Å². The van der Waals surface area contributed by atoms with Gasteiger partial charge in [-0.3, -0.25) is 14.2 Å². The molecule has 0 unspecified atom stereocenters. The molecule has 0 saturated heterocycles. The molecule has 1 aromatic heterocycles. The van der Waals surface area contributed by atoms with Gasteiger partial charge in [0.05, 0.1) is 18.4 Å². The molecule has 1 amide bonds. The van der Waals surface area contributed by atoms with Crippen LogP contribution >= 0.6 is 11.6 Å². The van der Waals surface area contributed by atoms with Gasteiger partial charge in [-0.2, -0.15) is 0 Å². The smallest absolute Gasteiger partial charge is 0.253 e. The van der Waals surface area contributed by atoms with Crippen molar-refractivity contribution in [2.24, 2.45) is 0 Å². The van der Waals surface area contributed by atoms with Crippen molar-refractivity contribution in [1.82, 2.24) is 14.9 Å². The molecular weight excluding hydrogens is 338 g/mol. The van der Waals surface area contributed by atoms with E-state index in [0.29, 0.717) is 30.5 Å². The van der Waals surface area contributed by atoms with Gasteiger partial charge in [0.2, 0.25) is 5.91 Å². The number of carbonyl (C=O) groups is 1. The standard InChI is InChI=1S/C19H22ClN3O2/c20-16-7-5-14(6-8-16)11-18(24)21-9-10-23-13-22-17(12-19(23)25)15-3-1-2-4-15/h5-8,12-13,15H,1-4,9-11H2,(H,21,24). The van der Waals surface area contributed by atoms with Crippen LogP contribution in [0, 0.1) is 0 Å². The molecule has 0 aliphatic heterocycles. The van der Waals surface area contributed by atoms with Gasteiger partial charge in [-0.1, -0.05) is 36.6 Å². The number of hydrogen-bond donors (Lipinski definition) is 1. The summed E-state index contributed by atoms with van der Waals surface area (Å²) < 4.78 is 1.54. The summed E-state index contributed by atoms with van der Waals surface area (Å²) in [6, 6.07) is 8.84. The van der Waals surface area contributed by atoms with Crippen LogP contribution in [0.15, 0.2) is 41.5 Å². The minimum atomic E-state index is -0.0779. The van der Waals surface area contributed by atoms with Crippen molar-refractivity contribution >= 4 is 17.5 Å². The van der Waals surface area contributed by atoms with Gasteiger partial charge in [-0.25, -0.2) is 4.98 Å². The third-order valence-electron chi connectivity index (χ3n) is 4.63. The first kappa shape index (κ1) is 17.7. The van der Waals surface area contributed by atoms with Crippen LogP contribution in [0.2, 0.25) is 5.02 Å². The fourth-order valence-electron chi connectivity index (χ4n) is 3.22. The lowest BCUT2D eigenvalue weighted by Crippen LogP contribution is -2.32. The van der Waals surface area contributed by atoms with Crippen molar-refractivity contribution in [3.63, 3.8) is 0 Å². The second-order valence-electron chi connectivity index (χ2n) is 6.48. The SMILES string of the molecule is O=C(Cc1ccc(Cl)cc1)NCCn1cnc(C2CCCC2)cc1=O. The highest BCUT2D eigenvalue weighted by atomic mass is 35.5. The van der Waals surface area contributed by atoms with Crippen LogP contribution in [-0.4, -0.2) is 22.0 Å². The molecule has 0 bridgehead atoms. The van der Waals surface area contributed by atoms with E-state index in [2.05, 4.69) is 10.3 Å². The molecule has 1 saturated carbocycles. The van der Waals surface area contributed by atoms with Crippen LogP contribution in [0.3, 0.4) is 0 Å². The molecule has 2 aromatic rings. The lowest BCUT2D eigenvalue weighted by Gasteiger charge is -2.11. The largest absolute Gasteiger partial charge is 0.354 e. The Bertz CT molecular complexity index is 780. The van der Waals surface area contributed by atoms with Crippen LogP contribution < -0.4 is 10.9 Å². The molecule has 1 aliphatic carbocycles. The summed E-state index contributed by atoms with van der Waals surface area (Å²) in [5.74, 6) is 0.354. The zero-order valence-electron chi connectivity index (χ0n) is 14.1. The van der Waals surface area contributed by atoms with E-state index in [1.54, 1.807) is 29.1 Å². The lowest BCUT2D eigenvalue weighted by molar-refractivity contribution is -0.120. The maximum Gasteiger partial charge on any atom is 0.253 e. The summed E-state index contributed by atoms with van der Waals surface area (Å²) in [7, 11) is 0. The van der Waals surface area contributed by atoms with E-state index >= 15 is 0 Å². The average Bonchev–Trinajstić information content (AvgIpc) is 3.13. The Morgan fingerprint density at radius 2 is 1.96 bits per heavy atom. The Hall–Kier alpha value is -2.14. The van der Waals surface area contributed by atoms with E-state index in [4.69, 9.17) is 11.6 Å². The number of amides is 1.